The van der Waals surface area contributed by atoms with E-state index in [2.05, 4.69) is 5.32 Å². The van der Waals surface area contributed by atoms with E-state index >= 15 is 0 Å². The molecule has 2 aliphatic rings. The first-order valence-corrected chi connectivity index (χ1v) is 6.59. The highest BCUT2D eigenvalue weighted by Crippen LogP contribution is 2.34. The number of hydrogen-bond donors (Lipinski definition) is 1. The molecule has 0 heterocycles. The summed E-state index contributed by atoms with van der Waals surface area (Å²) >= 11 is 0. The molecule has 0 aromatic heterocycles. The van der Waals surface area contributed by atoms with E-state index in [-0.39, 0.29) is 12.1 Å². The van der Waals surface area contributed by atoms with Crippen LogP contribution in [-0.2, 0) is 14.3 Å². The Hall–Kier alpha value is -0.610. The molecule has 0 aromatic rings. The van der Waals surface area contributed by atoms with Crippen LogP contribution in [-0.4, -0.2) is 38.4 Å². The van der Waals surface area contributed by atoms with Crippen LogP contribution >= 0.6 is 0 Å². The first kappa shape index (κ1) is 12.8. The molecule has 98 valence electrons. The molecule has 0 bridgehead atoms. The average molecular weight is 241 g/mol. The molecule has 0 radical (unpaired) electrons. The number of methoxy groups -OCH3 is 2. The third-order valence-electron chi connectivity index (χ3n) is 4.07. The summed E-state index contributed by atoms with van der Waals surface area (Å²) in [4.78, 5) is 12.1. The Kier molecular flexibility index (Phi) is 4.05. The Balaban J connectivity index is 2.09. The standard InChI is InChI=1S/C13H23NO3/c1-16-11-5-3-4-8-13(11,12(15)17-2)14-9-10-6-7-10/h10-11,14H,3-9H2,1-2H3. The second-order valence-electron chi connectivity index (χ2n) is 5.26. The minimum atomic E-state index is -0.607. The first-order valence-electron chi connectivity index (χ1n) is 6.59. The number of hydrogen-bond acceptors (Lipinski definition) is 4. The Morgan fingerprint density at radius 2 is 2.06 bits per heavy atom. The van der Waals surface area contributed by atoms with Gasteiger partial charge < -0.3 is 9.47 Å². The van der Waals surface area contributed by atoms with Crippen LogP contribution in [0.25, 0.3) is 0 Å². The highest BCUT2D eigenvalue weighted by atomic mass is 16.5. The van der Waals surface area contributed by atoms with E-state index in [1.807, 2.05) is 0 Å². The number of nitrogens with one attached hydrogen (secondary N) is 1. The highest BCUT2D eigenvalue weighted by molar-refractivity contribution is 5.82. The van der Waals surface area contributed by atoms with E-state index in [9.17, 15) is 4.79 Å². The van der Waals surface area contributed by atoms with E-state index in [4.69, 9.17) is 9.47 Å². The maximum Gasteiger partial charge on any atom is 0.328 e. The summed E-state index contributed by atoms with van der Waals surface area (Å²) in [5, 5.41) is 3.45. The van der Waals surface area contributed by atoms with E-state index in [1.54, 1.807) is 7.11 Å². The van der Waals surface area contributed by atoms with Crippen molar-refractivity contribution in [1.29, 1.82) is 0 Å². The van der Waals surface area contributed by atoms with Gasteiger partial charge in [0, 0.05) is 7.11 Å². The molecular weight excluding hydrogens is 218 g/mol. The van der Waals surface area contributed by atoms with Crippen molar-refractivity contribution in [1.82, 2.24) is 5.32 Å². The van der Waals surface area contributed by atoms with Gasteiger partial charge >= 0.3 is 5.97 Å². The number of carbonyl (C=O) groups excluding carboxylic acids is 1. The van der Waals surface area contributed by atoms with Crippen molar-refractivity contribution in [2.75, 3.05) is 20.8 Å². The quantitative estimate of drug-likeness (QED) is 0.741. The zero-order valence-electron chi connectivity index (χ0n) is 10.8. The molecule has 2 aliphatic carbocycles. The molecule has 0 aromatic carbocycles. The fraction of sp³-hybridized carbons (Fsp3) is 0.923. The van der Waals surface area contributed by atoms with Crippen LogP contribution in [0.2, 0.25) is 0 Å². The van der Waals surface area contributed by atoms with Crippen molar-refractivity contribution in [2.45, 2.75) is 50.2 Å². The van der Waals surface area contributed by atoms with Crippen LogP contribution < -0.4 is 5.32 Å². The second kappa shape index (κ2) is 5.36. The van der Waals surface area contributed by atoms with Crippen LogP contribution in [0.3, 0.4) is 0 Å². The lowest BCUT2D eigenvalue weighted by Crippen LogP contribution is -2.63. The van der Waals surface area contributed by atoms with Gasteiger partial charge in [-0.25, -0.2) is 4.79 Å². The molecule has 2 atom stereocenters. The van der Waals surface area contributed by atoms with E-state index in [1.165, 1.54) is 20.0 Å². The average Bonchev–Trinajstić information content (AvgIpc) is 3.19. The first-order chi connectivity index (χ1) is 8.23. The van der Waals surface area contributed by atoms with Crippen molar-refractivity contribution in [3.8, 4) is 0 Å². The summed E-state index contributed by atoms with van der Waals surface area (Å²) < 4.78 is 10.5. The summed E-state index contributed by atoms with van der Waals surface area (Å²) in [7, 11) is 3.15. The van der Waals surface area contributed by atoms with E-state index < -0.39 is 5.54 Å². The monoisotopic (exact) mass is 241 g/mol. The summed E-state index contributed by atoms with van der Waals surface area (Å²) in [6.45, 7) is 0.912. The van der Waals surface area contributed by atoms with Crippen LogP contribution in [0.4, 0.5) is 0 Å². The Labute approximate surface area is 103 Å². The van der Waals surface area contributed by atoms with Crippen molar-refractivity contribution < 1.29 is 14.3 Å². The zero-order chi connectivity index (χ0) is 12.3. The van der Waals surface area contributed by atoms with Crippen molar-refractivity contribution in [3.05, 3.63) is 0 Å². The van der Waals surface area contributed by atoms with Gasteiger partial charge in [0.25, 0.3) is 0 Å². The lowest BCUT2D eigenvalue weighted by atomic mass is 9.78. The lowest BCUT2D eigenvalue weighted by molar-refractivity contribution is -0.158. The van der Waals surface area contributed by atoms with Gasteiger partial charge in [-0.2, -0.15) is 0 Å². The molecule has 17 heavy (non-hydrogen) atoms. The molecule has 4 nitrogen and oxygen atoms in total. The normalized spacial score (nSPS) is 33.4. The molecule has 0 spiro atoms. The molecular formula is C13H23NO3. The van der Waals surface area contributed by atoms with Crippen LogP contribution in [0, 0.1) is 5.92 Å². The van der Waals surface area contributed by atoms with E-state index in [0.29, 0.717) is 0 Å². The van der Waals surface area contributed by atoms with Gasteiger partial charge in [-0.3, -0.25) is 5.32 Å². The van der Waals surface area contributed by atoms with Gasteiger partial charge in [0.1, 0.15) is 5.54 Å². The molecule has 0 saturated heterocycles. The largest absolute Gasteiger partial charge is 0.468 e. The van der Waals surface area contributed by atoms with Gasteiger partial charge in [-0.05, 0) is 38.1 Å². The molecule has 2 unspecified atom stereocenters. The maximum atomic E-state index is 12.1. The molecule has 2 saturated carbocycles. The summed E-state index contributed by atoms with van der Waals surface area (Å²) in [5.41, 5.74) is -0.607. The molecule has 0 aliphatic heterocycles. The van der Waals surface area contributed by atoms with Crippen molar-refractivity contribution in [3.63, 3.8) is 0 Å². The Morgan fingerprint density at radius 1 is 1.29 bits per heavy atom. The highest BCUT2D eigenvalue weighted by Gasteiger charge is 2.48. The van der Waals surface area contributed by atoms with Crippen LogP contribution in [0.1, 0.15) is 38.5 Å². The topological polar surface area (TPSA) is 47.6 Å². The SMILES string of the molecule is COC(=O)C1(NCC2CC2)CCCCC1OC. The minimum absolute atomic E-state index is 0.0533. The fourth-order valence-electron chi connectivity index (χ4n) is 2.80. The predicted octanol–water partition coefficient (Wildman–Crippen LogP) is 1.49. The molecule has 2 fully saturated rings. The number of rotatable bonds is 5. The fourth-order valence-corrected chi connectivity index (χ4v) is 2.80. The Bertz CT molecular complexity index is 278. The molecule has 2 rings (SSSR count). The summed E-state index contributed by atoms with van der Waals surface area (Å²) in [5.74, 6) is 0.584. The van der Waals surface area contributed by atoms with Crippen molar-refractivity contribution in [2.24, 2.45) is 5.92 Å². The lowest BCUT2D eigenvalue weighted by Gasteiger charge is -2.41. The van der Waals surface area contributed by atoms with Crippen LogP contribution in [0.15, 0.2) is 0 Å². The van der Waals surface area contributed by atoms with Crippen molar-refractivity contribution >= 4 is 5.97 Å². The van der Waals surface area contributed by atoms with Gasteiger partial charge in [0.15, 0.2) is 0 Å². The van der Waals surface area contributed by atoms with Crippen LogP contribution in [0.5, 0.6) is 0 Å². The van der Waals surface area contributed by atoms with Gasteiger partial charge in [0.2, 0.25) is 0 Å². The summed E-state index contributed by atoms with van der Waals surface area (Å²) in [6, 6.07) is 0. The zero-order valence-corrected chi connectivity index (χ0v) is 10.8. The summed E-state index contributed by atoms with van der Waals surface area (Å²) in [6.07, 6.45) is 6.45. The van der Waals surface area contributed by atoms with Gasteiger partial charge in [-0.1, -0.05) is 12.8 Å². The number of carbonyl (C=O) groups is 1. The minimum Gasteiger partial charge on any atom is -0.468 e. The van der Waals surface area contributed by atoms with Gasteiger partial charge in [0.05, 0.1) is 13.2 Å². The Morgan fingerprint density at radius 3 is 2.65 bits per heavy atom. The maximum absolute atomic E-state index is 12.1. The third-order valence-corrected chi connectivity index (χ3v) is 4.07. The van der Waals surface area contributed by atoms with Gasteiger partial charge in [-0.15, -0.1) is 0 Å². The predicted molar refractivity (Wildman–Crippen MR) is 64.7 cm³/mol. The number of ether oxygens (including phenoxy) is 2. The molecule has 4 heteroatoms. The third kappa shape index (κ3) is 2.63. The molecule has 0 amide bonds. The second-order valence-corrected chi connectivity index (χ2v) is 5.26. The number of esters is 1. The smallest absolute Gasteiger partial charge is 0.328 e. The molecule has 1 N–H and O–H groups in total. The van der Waals surface area contributed by atoms with E-state index in [0.717, 1.165) is 38.1 Å².